The van der Waals surface area contributed by atoms with Crippen molar-refractivity contribution in [3.05, 3.63) is 95.7 Å². The number of hydrogen-bond acceptors (Lipinski definition) is 3. The van der Waals surface area contributed by atoms with Crippen molar-refractivity contribution in [1.29, 1.82) is 5.26 Å². The number of halogens is 4. The Kier molecular flexibility index (Phi) is 8.23. The van der Waals surface area contributed by atoms with E-state index >= 15 is 0 Å². The van der Waals surface area contributed by atoms with Gasteiger partial charge in [-0.05, 0) is 98.2 Å². The third-order valence-electron chi connectivity index (χ3n) is 4.05. The van der Waals surface area contributed by atoms with Crippen LogP contribution in [0, 0.1) is 20.7 Å². The van der Waals surface area contributed by atoms with Gasteiger partial charge in [0.25, 0.3) is 5.91 Å². The minimum atomic E-state index is -0.502. The zero-order valence-electron chi connectivity index (χ0n) is 15.8. The number of amides is 1. The number of carbonyl (C=O) groups excluding carboxylic acids is 1. The average molecular weight is 656 g/mol. The molecule has 3 rings (SSSR count). The molecule has 31 heavy (non-hydrogen) atoms. The molecule has 0 saturated heterocycles. The van der Waals surface area contributed by atoms with Crippen LogP contribution in [-0.4, -0.2) is 5.91 Å². The Balaban J connectivity index is 1.77. The molecule has 3 aromatic rings. The van der Waals surface area contributed by atoms with Crippen molar-refractivity contribution in [2.75, 3.05) is 5.32 Å². The number of hydrogen-bond donors (Lipinski definition) is 1. The van der Waals surface area contributed by atoms with Gasteiger partial charge in [0, 0.05) is 10.2 Å². The quantitative estimate of drug-likeness (QED) is 0.175. The maximum atomic E-state index is 13.3. The number of anilines is 1. The van der Waals surface area contributed by atoms with Crippen LogP contribution in [0.3, 0.4) is 0 Å². The molecule has 8 heteroatoms. The van der Waals surface area contributed by atoms with Gasteiger partial charge < -0.3 is 10.1 Å². The third kappa shape index (κ3) is 6.63. The van der Waals surface area contributed by atoms with Crippen LogP contribution in [0.15, 0.2) is 75.2 Å². The third-order valence-corrected chi connectivity index (χ3v) is 5.93. The number of nitrogens with one attached hydrogen (secondary N) is 1. The van der Waals surface area contributed by atoms with Gasteiger partial charge >= 0.3 is 0 Å². The van der Waals surface area contributed by atoms with Crippen LogP contribution in [0.2, 0.25) is 0 Å². The van der Waals surface area contributed by atoms with Crippen molar-refractivity contribution in [3.8, 4) is 11.8 Å². The van der Waals surface area contributed by atoms with E-state index in [4.69, 9.17) is 4.74 Å². The largest absolute Gasteiger partial charge is 0.487 e. The molecule has 4 nitrogen and oxygen atoms in total. The number of nitriles is 1. The predicted octanol–water partition coefficient (Wildman–Crippen LogP) is 7.08. The first-order valence-electron chi connectivity index (χ1n) is 8.90. The molecule has 0 bridgehead atoms. The van der Waals surface area contributed by atoms with Crippen molar-refractivity contribution in [2.45, 2.75) is 6.61 Å². The molecule has 0 fully saturated rings. The van der Waals surface area contributed by atoms with Crippen molar-refractivity contribution in [3.63, 3.8) is 0 Å². The van der Waals surface area contributed by atoms with Gasteiger partial charge in [-0.15, -0.1) is 0 Å². The molecular weight excluding hydrogens is 642 g/mol. The predicted molar refractivity (Wildman–Crippen MR) is 134 cm³/mol. The van der Waals surface area contributed by atoms with E-state index in [0.717, 1.165) is 8.04 Å². The molecule has 156 valence electrons. The van der Waals surface area contributed by atoms with Gasteiger partial charge in [-0.2, -0.15) is 5.26 Å². The number of benzene rings is 3. The standard InChI is InChI=1S/C23H14Br2FIN2O2/c24-17-4-2-6-19(11-17)29-23(30)16(12-28)7-15-9-20(25)22(21(27)10-15)31-13-14-3-1-5-18(26)8-14/h1-11H,13H2,(H,29,30)/b16-7-. The highest BCUT2D eigenvalue weighted by molar-refractivity contribution is 14.1. The van der Waals surface area contributed by atoms with Crippen LogP contribution >= 0.6 is 54.5 Å². The van der Waals surface area contributed by atoms with Crippen LogP contribution in [0.4, 0.5) is 10.1 Å². The fourth-order valence-corrected chi connectivity index (χ4v) is 4.83. The average Bonchev–Trinajstić information content (AvgIpc) is 2.71. The molecule has 0 saturated carbocycles. The Labute approximate surface area is 209 Å². The molecule has 3 aromatic carbocycles. The minimum absolute atomic E-state index is 0.0314. The summed E-state index contributed by atoms with van der Waals surface area (Å²) in [6, 6.07) is 18.8. The first kappa shape index (κ1) is 23.4. The summed E-state index contributed by atoms with van der Waals surface area (Å²) in [5, 5.41) is 12.2. The van der Waals surface area contributed by atoms with Gasteiger partial charge in [0.05, 0.1) is 8.04 Å². The lowest BCUT2D eigenvalue weighted by molar-refractivity contribution is -0.112. The molecular formula is C23H14Br2FIN2O2. The monoisotopic (exact) mass is 654 g/mol. The van der Waals surface area contributed by atoms with Crippen molar-refractivity contribution in [2.24, 2.45) is 0 Å². The van der Waals surface area contributed by atoms with Crippen molar-refractivity contribution >= 4 is 72.1 Å². The second-order valence-electron chi connectivity index (χ2n) is 6.37. The van der Waals surface area contributed by atoms with Gasteiger partial charge in [0.1, 0.15) is 29.8 Å². The maximum Gasteiger partial charge on any atom is 0.266 e. The molecule has 1 amide bonds. The zero-order valence-corrected chi connectivity index (χ0v) is 21.2. The van der Waals surface area contributed by atoms with Gasteiger partial charge in [-0.3, -0.25) is 4.79 Å². The number of carbonyl (C=O) groups is 1. The van der Waals surface area contributed by atoms with Crippen molar-refractivity contribution in [1.82, 2.24) is 0 Å². The van der Waals surface area contributed by atoms with E-state index in [-0.39, 0.29) is 18.0 Å². The van der Waals surface area contributed by atoms with Crippen LogP contribution in [0.5, 0.6) is 5.75 Å². The SMILES string of the molecule is N#C/C(=C/c1cc(Br)c(OCc2cccc(F)c2)c(I)c1)C(=O)Nc1cccc(Br)c1. The van der Waals surface area contributed by atoms with E-state index in [2.05, 4.69) is 59.8 Å². The smallest absolute Gasteiger partial charge is 0.266 e. The molecule has 0 aliphatic rings. The van der Waals surface area contributed by atoms with E-state index in [9.17, 15) is 14.4 Å². The van der Waals surface area contributed by atoms with E-state index in [1.54, 1.807) is 42.5 Å². The summed E-state index contributed by atoms with van der Waals surface area (Å²) in [7, 11) is 0. The number of ether oxygens (including phenoxy) is 1. The summed E-state index contributed by atoms with van der Waals surface area (Å²) in [4.78, 5) is 12.5. The molecule has 1 N–H and O–H groups in total. The minimum Gasteiger partial charge on any atom is -0.487 e. The lowest BCUT2D eigenvalue weighted by Crippen LogP contribution is -2.13. The summed E-state index contributed by atoms with van der Waals surface area (Å²) in [5.41, 5.74) is 1.92. The summed E-state index contributed by atoms with van der Waals surface area (Å²) < 4.78 is 21.4. The Morgan fingerprint density at radius 2 is 1.94 bits per heavy atom. The van der Waals surface area contributed by atoms with Gasteiger partial charge in [-0.25, -0.2) is 4.39 Å². The highest BCUT2D eigenvalue weighted by atomic mass is 127. The summed E-state index contributed by atoms with van der Waals surface area (Å²) >= 11 is 8.93. The normalized spacial score (nSPS) is 11.0. The highest BCUT2D eigenvalue weighted by Gasteiger charge is 2.13. The molecule has 0 aromatic heterocycles. The molecule has 0 aliphatic carbocycles. The van der Waals surface area contributed by atoms with Gasteiger partial charge in [-0.1, -0.05) is 34.1 Å². The summed E-state index contributed by atoms with van der Waals surface area (Å²) in [6.07, 6.45) is 1.51. The first-order chi connectivity index (χ1) is 14.9. The number of rotatable bonds is 6. The highest BCUT2D eigenvalue weighted by Crippen LogP contribution is 2.33. The fourth-order valence-electron chi connectivity index (χ4n) is 2.66. The van der Waals surface area contributed by atoms with E-state index < -0.39 is 5.91 Å². The summed E-state index contributed by atoms with van der Waals surface area (Å²) in [6.45, 7) is 0.208. The molecule has 0 spiro atoms. The van der Waals surface area contributed by atoms with Gasteiger partial charge in [0.15, 0.2) is 0 Å². The molecule has 0 atom stereocenters. The zero-order chi connectivity index (χ0) is 22.4. The molecule has 0 aliphatic heterocycles. The first-order valence-corrected chi connectivity index (χ1v) is 11.6. The molecule has 0 unspecified atom stereocenters. The Morgan fingerprint density at radius 3 is 2.61 bits per heavy atom. The number of nitrogens with zero attached hydrogens (tertiary/aromatic N) is 1. The van der Waals surface area contributed by atoms with Crippen LogP contribution < -0.4 is 10.1 Å². The van der Waals surface area contributed by atoms with Gasteiger partial charge in [0.2, 0.25) is 0 Å². The van der Waals surface area contributed by atoms with E-state index in [1.165, 1.54) is 18.2 Å². The Hall–Kier alpha value is -2.22. The second kappa shape index (κ2) is 10.9. The fraction of sp³-hybridized carbons (Fsp3) is 0.0435. The van der Waals surface area contributed by atoms with Crippen LogP contribution in [0.25, 0.3) is 6.08 Å². The Morgan fingerprint density at radius 1 is 1.16 bits per heavy atom. The van der Waals surface area contributed by atoms with E-state index in [1.807, 2.05) is 12.1 Å². The molecule has 0 heterocycles. The topological polar surface area (TPSA) is 62.1 Å². The lowest BCUT2D eigenvalue weighted by atomic mass is 10.1. The van der Waals surface area contributed by atoms with Crippen LogP contribution in [-0.2, 0) is 11.4 Å². The lowest BCUT2D eigenvalue weighted by Gasteiger charge is -2.12. The maximum absolute atomic E-state index is 13.3. The van der Waals surface area contributed by atoms with Crippen molar-refractivity contribution < 1.29 is 13.9 Å². The molecule has 0 radical (unpaired) electrons. The van der Waals surface area contributed by atoms with Crippen LogP contribution in [0.1, 0.15) is 11.1 Å². The van der Waals surface area contributed by atoms with E-state index in [0.29, 0.717) is 27.0 Å². The second-order valence-corrected chi connectivity index (χ2v) is 9.30. The summed E-state index contributed by atoms with van der Waals surface area (Å²) in [5.74, 6) is -0.224. The Bertz CT molecular complexity index is 1190.